The molecule has 2 aromatic rings. The van der Waals surface area contributed by atoms with Crippen LogP contribution >= 0.6 is 12.4 Å². The van der Waals surface area contributed by atoms with Gasteiger partial charge < -0.3 is 19.7 Å². The number of methoxy groups -OCH3 is 1. The minimum absolute atomic E-state index is 0. The van der Waals surface area contributed by atoms with Gasteiger partial charge in [-0.25, -0.2) is 4.79 Å². The van der Waals surface area contributed by atoms with E-state index in [1.54, 1.807) is 6.92 Å². The third-order valence-electron chi connectivity index (χ3n) is 3.01. The molecule has 12 heteroatoms. The predicted molar refractivity (Wildman–Crippen MR) is 83.4 cm³/mol. The van der Waals surface area contributed by atoms with Crippen molar-refractivity contribution >= 4 is 24.5 Å². The summed E-state index contributed by atoms with van der Waals surface area (Å²) < 4.78 is 42.5. The van der Waals surface area contributed by atoms with E-state index < -0.39 is 23.9 Å². The molecule has 1 aromatic carbocycles. The molecule has 0 N–H and O–H groups in total. The van der Waals surface area contributed by atoms with Gasteiger partial charge >= 0.3 is 115 Å². The molecule has 0 aliphatic heterocycles. The van der Waals surface area contributed by atoms with E-state index in [9.17, 15) is 18.0 Å². The minimum Gasteiger partial charge on any atom is -0.652 e. The van der Waals surface area contributed by atoms with Crippen molar-refractivity contribution < 1.29 is 140 Å². The maximum Gasteiger partial charge on any atom is 1.00 e. The zero-order valence-electron chi connectivity index (χ0n) is 15.5. The Labute approximate surface area is 250 Å². The number of aryl methyl sites for hydroxylation is 1. The van der Waals surface area contributed by atoms with Crippen molar-refractivity contribution in [2.24, 2.45) is 0 Å². The van der Waals surface area contributed by atoms with Gasteiger partial charge in [-0.2, -0.15) is 13.2 Å². The van der Waals surface area contributed by atoms with E-state index in [0.29, 0.717) is 22.4 Å². The molecule has 1 aromatic heterocycles. The molecule has 0 unspecified atom stereocenters. The van der Waals surface area contributed by atoms with Crippen molar-refractivity contribution in [2.75, 3.05) is 7.11 Å². The second kappa shape index (κ2) is 15.3. The average molecular weight is 470 g/mol. The van der Waals surface area contributed by atoms with Crippen molar-refractivity contribution in [3.63, 3.8) is 0 Å². The van der Waals surface area contributed by atoms with Gasteiger partial charge in [0.15, 0.2) is 0 Å². The first-order chi connectivity index (χ1) is 11.6. The second-order valence-corrected chi connectivity index (χ2v) is 4.70. The van der Waals surface area contributed by atoms with E-state index in [4.69, 9.17) is 15.0 Å². The molecule has 0 fully saturated rings. The quantitative estimate of drug-likeness (QED) is 0.327. The second-order valence-electron chi connectivity index (χ2n) is 4.70. The maximum atomic E-state index is 12.6. The molecule has 0 aliphatic carbocycles. The Morgan fingerprint density at radius 2 is 1.61 bits per heavy atom. The fourth-order valence-electron chi connectivity index (χ4n) is 1.95. The Kier molecular flexibility index (Phi) is 18.1. The summed E-state index contributed by atoms with van der Waals surface area (Å²) in [5, 5.41) is 16.7. The minimum atomic E-state index is -4.38. The molecule has 0 bridgehead atoms. The number of carbonyl (C=O) groups is 2. The molecule has 6 nitrogen and oxygen atoms in total. The number of benzene rings is 1. The Morgan fingerprint density at radius 1 is 1.07 bits per heavy atom. The van der Waals surface area contributed by atoms with E-state index in [-0.39, 0.29) is 115 Å². The van der Waals surface area contributed by atoms with Crippen LogP contribution in [0.4, 0.5) is 18.0 Å². The smallest absolute Gasteiger partial charge is 0.652 e. The number of pyridine rings is 1. The summed E-state index contributed by atoms with van der Waals surface area (Å²) in [6.45, 7) is 1.57. The van der Waals surface area contributed by atoms with Gasteiger partial charge in [0.1, 0.15) is 0 Å². The molecule has 0 saturated heterocycles. The van der Waals surface area contributed by atoms with Crippen LogP contribution in [0.3, 0.4) is 0 Å². The number of halogens is 4. The van der Waals surface area contributed by atoms with Crippen molar-refractivity contribution in [1.82, 2.24) is 4.98 Å². The standard InChI is InChI=1S/C15H12F3NO2.CH2O3.ClH.2K/c1-9-7-11(15(16,17)18)3-4-12(9)13-8-10(5-6-19-13)14(20)21-2;2-1(3)4;;;/h3-8H,1-2H3;(H2,2,3,4);1H;;/q;;;2*+1/p-2. The van der Waals surface area contributed by atoms with Crippen molar-refractivity contribution in [2.45, 2.75) is 13.1 Å². The fourth-order valence-corrected chi connectivity index (χ4v) is 1.95. The van der Waals surface area contributed by atoms with Gasteiger partial charge in [-0.3, -0.25) is 4.98 Å². The van der Waals surface area contributed by atoms with Gasteiger partial charge in [-0.05, 0) is 42.9 Å². The number of alkyl halides is 3. The van der Waals surface area contributed by atoms with Crippen molar-refractivity contribution in [3.8, 4) is 11.3 Å². The van der Waals surface area contributed by atoms with Crippen molar-refractivity contribution in [3.05, 3.63) is 53.2 Å². The topological polar surface area (TPSA) is 102 Å². The summed E-state index contributed by atoms with van der Waals surface area (Å²) in [5.41, 5.74) is 0.965. The monoisotopic (exact) mass is 469 g/mol. The fraction of sp³-hybridized carbons (Fsp3) is 0.188. The van der Waals surface area contributed by atoms with E-state index in [2.05, 4.69) is 9.72 Å². The van der Waals surface area contributed by atoms with E-state index in [1.807, 2.05) is 0 Å². The molecule has 2 rings (SSSR count). The first-order valence-electron chi connectivity index (χ1n) is 6.67. The van der Waals surface area contributed by atoms with Gasteiger partial charge in [0.2, 0.25) is 0 Å². The summed E-state index contributed by atoms with van der Waals surface area (Å²) >= 11 is 0. The van der Waals surface area contributed by atoms with Crippen LogP contribution in [0.1, 0.15) is 21.5 Å². The van der Waals surface area contributed by atoms with Crippen molar-refractivity contribution in [1.29, 1.82) is 0 Å². The number of rotatable bonds is 2. The number of carboxylic acid groups (broad SMARTS) is 2. The maximum absolute atomic E-state index is 12.6. The predicted octanol–water partition coefficient (Wildman–Crippen LogP) is -4.15. The number of aromatic nitrogens is 1. The van der Waals surface area contributed by atoms with E-state index in [0.717, 1.165) is 12.1 Å². The number of carbonyl (C=O) groups excluding carboxylic acids is 2. The largest absolute Gasteiger partial charge is 1.00 e. The molecule has 142 valence electrons. The van der Waals surface area contributed by atoms with Crippen LogP contribution in [0.25, 0.3) is 11.3 Å². The Morgan fingerprint density at radius 3 is 2.04 bits per heavy atom. The molecule has 0 atom stereocenters. The first-order valence-corrected chi connectivity index (χ1v) is 6.67. The Hall–Kier alpha value is 0.463. The summed E-state index contributed by atoms with van der Waals surface area (Å²) in [5.74, 6) is -0.525. The zero-order chi connectivity index (χ0) is 19.2. The number of nitrogens with zero attached hydrogens (tertiary/aromatic N) is 1. The van der Waals surface area contributed by atoms with E-state index >= 15 is 0 Å². The summed E-state index contributed by atoms with van der Waals surface area (Å²) in [4.78, 5) is 23.9. The number of ether oxygens (including phenoxy) is 1. The third-order valence-corrected chi connectivity index (χ3v) is 3.01. The van der Waals surface area contributed by atoms with Crippen LogP contribution in [-0.4, -0.2) is 24.2 Å². The van der Waals surface area contributed by atoms with Crippen LogP contribution in [0.15, 0.2) is 36.5 Å². The molecule has 0 aliphatic rings. The normalized spacial score (nSPS) is 9.32. The molecular weight excluding hydrogens is 457 g/mol. The average Bonchev–Trinajstić information content (AvgIpc) is 2.52. The molecule has 0 saturated carbocycles. The Balaban J connectivity index is -0.000000817. The van der Waals surface area contributed by atoms with Crippen LogP contribution in [0, 0.1) is 6.92 Å². The van der Waals surface area contributed by atoms with Gasteiger partial charge in [0, 0.05) is 11.8 Å². The Bertz CT molecular complexity index is 787. The van der Waals surface area contributed by atoms with Crippen LogP contribution in [0.2, 0.25) is 0 Å². The van der Waals surface area contributed by atoms with Crippen LogP contribution in [-0.2, 0) is 10.9 Å². The van der Waals surface area contributed by atoms with Gasteiger partial charge in [0.05, 0.1) is 23.9 Å². The number of esters is 1. The van der Waals surface area contributed by atoms with Gasteiger partial charge in [-0.15, -0.1) is 12.4 Å². The summed E-state index contributed by atoms with van der Waals surface area (Å²) in [6, 6.07) is 6.37. The summed E-state index contributed by atoms with van der Waals surface area (Å²) in [6.07, 6.45) is -5.30. The molecule has 0 radical (unpaired) electrons. The molecular formula is C16H13ClF3K2NO5. The molecule has 0 spiro atoms. The third kappa shape index (κ3) is 11.0. The van der Waals surface area contributed by atoms with E-state index in [1.165, 1.54) is 31.5 Å². The summed E-state index contributed by atoms with van der Waals surface area (Å²) in [7, 11) is 1.26. The molecule has 28 heavy (non-hydrogen) atoms. The molecule has 1 heterocycles. The number of hydrogen-bond donors (Lipinski definition) is 0. The number of hydrogen-bond acceptors (Lipinski definition) is 6. The molecule has 0 amide bonds. The zero-order valence-corrected chi connectivity index (χ0v) is 22.6. The van der Waals surface area contributed by atoms with Gasteiger partial charge in [-0.1, -0.05) is 6.07 Å². The van der Waals surface area contributed by atoms with Gasteiger partial charge in [0.25, 0.3) is 0 Å². The first kappa shape index (κ1) is 33.1. The van der Waals surface area contributed by atoms with Crippen LogP contribution in [0.5, 0.6) is 0 Å². The van der Waals surface area contributed by atoms with Crippen LogP contribution < -0.4 is 113 Å². The SMILES string of the molecule is COC(=O)c1ccnc(-c2ccc(C(F)(F)F)cc2C)c1.Cl.O=C([O-])[O-].[K+].[K+].